The van der Waals surface area contributed by atoms with Gasteiger partial charge in [0.05, 0.1) is 12.7 Å². The topological polar surface area (TPSA) is 70.3 Å². The molecule has 5 heteroatoms. The number of rotatable bonds is 6. The number of hydrogen-bond donors (Lipinski definition) is 1. The van der Waals surface area contributed by atoms with E-state index < -0.39 is 0 Å². The zero-order valence-corrected chi connectivity index (χ0v) is 12.6. The molecule has 2 atom stereocenters. The molecule has 1 heterocycles. The number of hydrogen-bond acceptors (Lipinski definition) is 5. The highest BCUT2D eigenvalue weighted by atomic mass is 16.5. The number of aryl methyl sites for hydroxylation is 1. The van der Waals surface area contributed by atoms with Crippen LogP contribution in [-0.4, -0.2) is 29.2 Å². The highest BCUT2D eigenvalue weighted by Crippen LogP contribution is 2.31. The minimum Gasteiger partial charge on any atom is -0.475 e. The third-order valence-electron chi connectivity index (χ3n) is 3.71. The van der Waals surface area contributed by atoms with Gasteiger partial charge in [-0.25, -0.2) is 4.98 Å². The predicted octanol–water partition coefficient (Wildman–Crippen LogP) is 2.33. The van der Waals surface area contributed by atoms with Gasteiger partial charge in [0, 0.05) is 11.8 Å². The number of nitrogens with two attached hydrogens (primary N) is 1. The molecular weight excluding hydrogens is 254 g/mol. The summed E-state index contributed by atoms with van der Waals surface area (Å²) < 4.78 is 11.4. The molecule has 1 saturated carbocycles. The fourth-order valence-electron chi connectivity index (χ4n) is 2.70. The Morgan fingerprint density at radius 3 is 2.75 bits per heavy atom. The molecule has 1 aliphatic rings. The first-order chi connectivity index (χ1) is 9.58. The van der Waals surface area contributed by atoms with Crippen molar-refractivity contribution in [2.24, 2.45) is 17.6 Å². The van der Waals surface area contributed by atoms with Gasteiger partial charge in [0.1, 0.15) is 0 Å². The molecule has 2 unspecified atom stereocenters. The summed E-state index contributed by atoms with van der Waals surface area (Å²) in [4.78, 5) is 8.61. The molecule has 0 spiro atoms. The van der Waals surface area contributed by atoms with Crippen LogP contribution in [0.1, 0.15) is 38.8 Å². The molecule has 1 aliphatic carbocycles. The van der Waals surface area contributed by atoms with Crippen LogP contribution in [0.25, 0.3) is 0 Å². The monoisotopic (exact) mass is 279 g/mol. The van der Waals surface area contributed by atoms with E-state index in [4.69, 9.17) is 15.2 Å². The van der Waals surface area contributed by atoms with E-state index in [0.717, 1.165) is 12.2 Å². The van der Waals surface area contributed by atoms with Gasteiger partial charge in [0.2, 0.25) is 5.88 Å². The van der Waals surface area contributed by atoms with Crippen LogP contribution < -0.4 is 15.2 Å². The third-order valence-corrected chi connectivity index (χ3v) is 3.71. The molecule has 0 amide bonds. The molecule has 1 fully saturated rings. The quantitative estimate of drug-likeness (QED) is 0.865. The van der Waals surface area contributed by atoms with Gasteiger partial charge in [-0.05, 0) is 52.0 Å². The van der Waals surface area contributed by atoms with Crippen molar-refractivity contribution in [1.29, 1.82) is 0 Å². The van der Waals surface area contributed by atoms with E-state index in [0.29, 0.717) is 30.3 Å². The highest BCUT2D eigenvalue weighted by Gasteiger charge is 2.26. The molecule has 112 valence electrons. The van der Waals surface area contributed by atoms with Crippen molar-refractivity contribution in [3.63, 3.8) is 0 Å². The Labute approximate surface area is 120 Å². The summed E-state index contributed by atoms with van der Waals surface area (Å²) in [5, 5.41) is 0. The average molecular weight is 279 g/mol. The smallest absolute Gasteiger partial charge is 0.319 e. The Kier molecular flexibility index (Phi) is 5.17. The Bertz CT molecular complexity index is 437. The Morgan fingerprint density at radius 2 is 2.05 bits per heavy atom. The second kappa shape index (κ2) is 6.88. The van der Waals surface area contributed by atoms with E-state index in [1.54, 1.807) is 0 Å². The van der Waals surface area contributed by atoms with E-state index in [1.165, 1.54) is 19.3 Å². The predicted molar refractivity (Wildman–Crippen MR) is 77.9 cm³/mol. The normalized spacial score (nSPS) is 22.2. The number of aromatic nitrogens is 2. The van der Waals surface area contributed by atoms with Crippen molar-refractivity contribution in [3.05, 3.63) is 11.8 Å². The standard InChI is InChI=1S/C15H25N3O2/c1-10(2)20-14-7-11(3)17-15(18-14)19-9-13-6-4-5-12(13)8-16/h7,10,12-13H,4-6,8-9,16H2,1-3H3. The van der Waals surface area contributed by atoms with Crippen molar-refractivity contribution in [3.8, 4) is 11.9 Å². The molecule has 2 rings (SSSR count). The van der Waals surface area contributed by atoms with Gasteiger partial charge in [-0.3, -0.25) is 0 Å². The molecule has 20 heavy (non-hydrogen) atoms. The summed E-state index contributed by atoms with van der Waals surface area (Å²) in [5.74, 6) is 1.68. The van der Waals surface area contributed by atoms with Gasteiger partial charge in [0.25, 0.3) is 0 Å². The lowest BCUT2D eigenvalue weighted by atomic mass is 9.97. The molecular formula is C15H25N3O2. The van der Waals surface area contributed by atoms with Crippen LogP contribution in [-0.2, 0) is 0 Å². The summed E-state index contributed by atoms with van der Waals surface area (Å²) in [6.07, 6.45) is 3.73. The van der Waals surface area contributed by atoms with E-state index in [2.05, 4.69) is 9.97 Å². The summed E-state index contributed by atoms with van der Waals surface area (Å²) in [6.45, 7) is 7.25. The lowest BCUT2D eigenvalue weighted by molar-refractivity contribution is 0.193. The fraction of sp³-hybridized carbons (Fsp3) is 0.733. The first-order valence-corrected chi connectivity index (χ1v) is 7.43. The number of nitrogens with zero attached hydrogens (tertiary/aromatic N) is 2. The summed E-state index contributed by atoms with van der Waals surface area (Å²) in [7, 11) is 0. The molecule has 1 aromatic rings. The molecule has 0 aromatic carbocycles. The van der Waals surface area contributed by atoms with Crippen molar-refractivity contribution >= 4 is 0 Å². The lowest BCUT2D eigenvalue weighted by Crippen LogP contribution is -2.23. The first-order valence-electron chi connectivity index (χ1n) is 7.43. The van der Waals surface area contributed by atoms with Gasteiger partial charge in [-0.2, -0.15) is 4.98 Å². The SMILES string of the molecule is Cc1cc(OC(C)C)nc(OCC2CCCC2CN)n1. The van der Waals surface area contributed by atoms with Crippen LogP contribution in [0.15, 0.2) is 6.07 Å². The highest BCUT2D eigenvalue weighted by molar-refractivity contribution is 5.17. The summed E-state index contributed by atoms with van der Waals surface area (Å²) in [5.41, 5.74) is 6.64. The van der Waals surface area contributed by atoms with Crippen molar-refractivity contribution in [1.82, 2.24) is 9.97 Å². The van der Waals surface area contributed by atoms with Crippen molar-refractivity contribution < 1.29 is 9.47 Å². The van der Waals surface area contributed by atoms with E-state index in [-0.39, 0.29) is 6.10 Å². The molecule has 2 N–H and O–H groups in total. The largest absolute Gasteiger partial charge is 0.475 e. The second-order valence-corrected chi connectivity index (χ2v) is 5.79. The lowest BCUT2D eigenvalue weighted by Gasteiger charge is -2.18. The van der Waals surface area contributed by atoms with Crippen LogP contribution >= 0.6 is 0 Å². The van der Waals surface area contributed by atoms with Crippen LogP contribution in [0.5, 0.6) is 11.9 Å². The van der Waals surface area contributed by atoms with Crippen LogP contribution in [0.3, 0.4) is 0 Å². The molecule has 5 nitrogen and oxygen atoms in total. The van der Waals surface area contributed by atoms with E-state index in [1.807, 2.05) is 26.8 Å². The number of ether oxygens (including phenoxy) is 2. The molecule has 1 aromatic heterocycles. The molecule has 0 saturated heterocycles. The fourth-order valence-corrected chi connectivity index (χ4v) is 2.70. The molecule has 0 bridgehead atoms. The van der Waals surface area contributed by atoms with Crippen molar-refractivity contribution in [2.75, 3.05) is 13.2 Å². The maximum atomic E-state index is 5.79. The first kappa shape index (κ1) is 15.0. The zero-order valence-electron chi connectivity index (χ0n) is 12.6. The van der Waals surface area contributed by atoms with Gasteiger partial charge < -0.3 is 15.2 Å². The van der Waals surface area contributed by atoms with Gasteiger partial charge >= 0.3 is 6.01 Å². The Balaban J connectivity index is 1.96. The maximum absolute atomic E-state index is 5.79. The van der Waals surface area contributed by atoms with Crippen molar-refractivity contribution in [2.45, 2.75) is 46.1 Å². The molecule has 0 aliphatic heterocycles. The summed E-state index contributed by atoms with van der Waals surface area (Å²) in [6, 6.07) is 2.23. The molecule has 0 radical (unpaired) electrons. The average Bonchev–Trinajstić information content (AvgIpc) is 2.82. The van der Waals surface area contributed by atoms with Crippen LogP contribution in [0.2, 0.25) is 0 Å². The Hall–Kier alpha value is -1.36. The van der Waals surface area contributed by atoms with Gasteiger partial charge in [-0.15, -0.1) is 0 Å². The maximum Gasteiger partial charge on any atom is 0.319 e. The minimum atomic E-state index is 0.0913. The van der Waals surface area contributed by atoms with E-state index in [9.17, 15) is 0 Å². The second-order valence-electron chi connectivity index (χ2n) is 5.79. The van der Waals surface area contributed by atoms with Crippen LogP contribution in [0, 0.1) is 18.8 Å². The zero-order chi connectivity index (χ0) is 14.5. The minimum absolute atomic E-state index is 0.0913. The van der Waals surface area contributed by atoms with Crippen LogP contribution in [0.4, 0.5) is 0 Å². The van der Waals surface area contributed by atoms with Gasteiger partial charge in [0.15, 0.2) is 0 Å². The summed E-state index contributed by atoms with van der Waals surface area (Å²) >= 11 is 0. The third kappa shape index (κ3) is 4.07. The Morgan fingerprint density at radius 1 is 1.30 bits per heavy atom. The van der Waals surface area contributed by atoms with E-state index >= 15 is 0 Å². The van der Waals surface area contributed by atoms with Gasteiger partial charge in [-0.1, -0.05) is 6.42 Å².